The number of nitrogens with zero attached hydrogens (tertiary/aromatic N) is 3. The van der Waals surface area contributed by atoms with Gasteiger partial charge in [0.25, 0.3) is 0 Å². The van der Waals surface area contributed by atoms with Crippen molar-refractivity contribution in [2.24, 2.45) is 0 Å². The van der Waals surface area contributed by atoms with E-state index in [9.17, 15) is 0 Å². The van der Waals surface area contributed by atoms with Crippen LogP contribution in [0.1, 0.15) is 65.7 Å². The molecule has 1 fully saturated rings. The van der Waals surface area contributed by atoms with Crippen molar-refractivity contribution in [2.75, 3.05) is 7.05 Å². The molecule has 2 heterocycles. The first-order valence-electron chi connectivity index (χ1n) is 10.7. The molecule has 0 amide bonds. The molecule has 29 heavy (non-hydrogen) atoms. The Morgan fingerprint density at radius 3 is 2.52 bits per heavy atom. The van der Waals surface area contributed by atoms with Crippen LogP contribution >= 0.6 is 11.6 Å². The van der Waals surface area contributed by atoms with Crippen LogP contribution in [0.25, 0.3) is 5.69 Å². The number of fused-ring (bicyclic) bond motifs is 3. The normalized spacial score (nSPS) is 22.0. The predicted octanol–water partition coefficient (Wildman–Crippen LogP) is 6.22. The molecular weight excluding hydrogens is 378 g/mol. The number of benzene rings is 2. The molecule has 1 aliphatic heterocycles. The number of halogens is 1. The minimum Gasteiger partial charge on any atom is -0.299 e. The highest BCUT2D eigenvalue weighted by atomic mass is 35.5. The maximum atomic E-state index is 6.31. The van der Waals surface area contributed by atoms with Gasteiger partial charge in [-0.15, -0.1) is 0 Å². The molecule has 5 rings (SSSR count). The van der Waals surface area contributed by atoms with E-state index in [1.54, 1.807) is 5.56 Å². The van der Waals surface area contributed by atoms with E-state index in [4.69, 9.17) is 16.6 Å². The number of imidazole rings is 1. The van der Waals surface area contributed by atoms with E-state index < -0.39 is 0 Å². The van der Waals surface area contributed by atoms with Crippen molar-refractivity contribution >= 4 is 11.6 Å². The van der Waals surface area contributed by atoms with Gasteiger partial charge in [-0.3, -0.25) is 9.47 Å². The van der Waals surface area contributed by atoms with Crippen molar-refractivity contribution < 1.29 is 0 Å². The Bertz CT molecular complexity index is 1030. The monoisotopic (exact) mass is 405 g/mol. The van der Waals surface area contributed by atoms with Gasteiger partial charge in [0.15, 0.2) is 0 Å². The van der Waals surface area contributed by atoms with Gasteiger partial charge in [0.05, 0.1) is 12.2 Å². The van der Waals surface area contributed by atoms with Gasteiger partial charge in [0, 0.05) is 29.4 Å². The van der Waals surface area contributed by atoms with E-state index in [0.717, 1.165) is 23.9 Å². The quantitative estimate of drug-likeness (QED) is 0.504. The Hall–Kier alpha value is -2.10. The fourth-order valence-corrected chi connectivity index (χ4v) is 5.51. The Kier molecular flexibility index (Phi) is 4.97. The van der Waals surface area contributed by atoms with Crippen molar-refractivity contribution in [3.8, 4) is 5.69 Å². The third kappa shape index (κ3) is 3.51. The molecule has 2 aliphatic rings. The molecule has 0 saturated heterocycles. The Morgan fingerprint density at radius 2 is 1.72 bits per heavy atom. The van der Waals surface area contributed by atoms with Gasteiger partial charge >= 0.3 is 0 Å². The molecule has 1 aromatic heterocycles. The van der Waals surface area contributed by atoms with Crippen LogP contribution in [-0.2, 0) is 13.1 Å². The highest BCUT2D eigenvalue weighted by Gasteiger charge is 2.29. The Morgan fingerprint density at radius 1 is 0.966 bits per heavy atom. The highest BCUT2D eigenvalue weighted by molar-refractivity contribution is 6.30. The topological polar surface area (TPSA) is 21.1 Å². The molecule has 0 radical (unpaired) electrons. The molecule has 1 saturated carbocycles. The average molecular weight is 406 g/mol. The predicted molar refractivity (Wildman–Crippen MR) is 119 cm³/mol. The number of hydrogen-bond donors (Lipinski definition) is 0. The average Bonchev–Trinajstić information content (AvgIpc) is 3.06. The summed E-state index contributed by atoms with van der Waals surface area (Å²) in [5.74, 6) is 2.41. The van der Waals surface area contributed by atoms with Crippen LogP contribution in [0.4, 0.5) is 0 Å². The zero-order chi connectivity index (χ0) is 20.0. The minimum absolute atomic E-state index is 0.573. The molecule has 0 spiro atoms. The number of rotatable bonds is 2. The fraction of sp³-hybridized carbons (Fsp3) is 0.400. The molecule has 0 N–H and O–H groups in total. The van der Waals surface area contributed by atoms with E-state index in [1.807, 2.05) is 6.07 Å². The zero-order valence-electron chi connectivity index (χ0n) is 17.2. The van der Waals surface area contributed by atoms with Gasteiger partial charge in [-0.1, -0.05) is 35.9 Å². The fourth-order valence-electron chi connectivity index (χ4n) is 5.31. The summed E-state index contributed by atoms with van der Waals surface area (Å²) < 4.78 is 2.42. The Balaban J connectivity index is 1.45. The standard InChI is InChI=1S/C25H28ClN3/c1-17-5-3-4-6-22(17)18-7-9-19(10-8-18)24-14-27-25-16-28(2)15-20-13-21(26)11-12-23(20)29(24)25/h3-6,11-14,18-19H,7-10,15-16H2,1-2H3. The molecular formula is C25H28ClN3. The van der Waals surface area contributed by atoms with Gasteiger partial charge in [-0.25, -0.2) is 4.98 Å². The molecule has 3 nitrogen and oxygen atoms in total. The van der Waals surface area contributed by atoms with E-state index in [2.05, 4.69) is 66.0 Å². The van der Waals surface area contributed by atoms with Crippen LogP contribution < -0.4 is 0 Å². The summed E-state index contributed by atoms with van der Waals surface area (Å²) >= 11 is 6.31. The molecule has 0 atom stereocenters. The summed E-state index contributed by atoms with van der Waals surface area (Å²) in [6, 6.07) is 15.2. The molecule has 2 aromatic carbocycles. The van der Waals surface area contributed by atoms with E-state index in [-0.39, 0.29) is 0 Å². The van der Waals surface area contributed by atoms with Gasteiger partial charge in [0.1, 0.15) is 5.82 Å². The second-order valence-corrected chi connectivity index (χ2v) is 9.22. The largest absolute Gasteiger partial charge is 0.299 e. The lowest BCUT2D eigenvalue weighted by atomic mass is 9.76. The van der Waals surface area contributed by atoms with E-state index in [0.29, 0.717) is 11.8 Å². The summed E-state index contributed by atoms with van der Waals surface area (Å²) in [5, 5.41) is 0.806. The smallest absolute Gasteiger partial charge is 0.127 e. The van der Waals surface area contributed by atoms with Gasteiger partial charge in [-0.2, -0.15) is 0 Å². The maximum absolute atomic E-state index is 6.31. The summed E-state index contributed by atoms with van der Waals surface area (Å²) in [5.41, 5.74) is 6.89. The summed E-state index contributed by atoms with van der Waals surface area (Å²) in [7, 11) is 2.15. The van der Waals surface area contributed by atoms with Crippen LogP contribution in [0.3, 0.4) is 0 Å². The molecule has 1 aliphatic carbocycles. The van der Waals surface area contributed by atoms with Crippen molar-refractivity contribution in [3.63, 3.8) is 0 Å². The van der Waals surface area contributed by atoms with Crippen LogP contribution in [0.5, 0.6) is 0 Å². The third-order valence-electron chi connectivity index (χ3n) is 6.77. The lowest BCUT2D eigenvalue weighted by Gasteiger charge is -2.30. The van der Waals surface area contributed by atoms with Crippen molar-refractivity contribution in [3.05, 3.63) is 81.9 Å². The molecule has 150 valence electrons. The van der Waals surface area contributed by atoms with Crippen molar-refractivity contribution in [2.45, 2.75) is 57.5 Å². The summed E-state index contributed by atoms with van der Waals surface area (Å²) in [4.78, 5) is 7.16. The second-order valence-electron chi connectivity index (χ2n) is 8.79. The first kappa shape index (κ1) is 18.9. The third-order valence-corrected chi connectivity index (χ3v) is 7.01. The lowest BCUT2D eigenvalue weighted by molar-refractivity contribution is 0.315. The second kappa shape index (κ2) is 7.62. The van der Waals surface area contributed by atoms with Crippen LogP contribution in [0.2, 0.25) is 5.02 Å². The van der Waals surface area contributed by atoms with E-state index >= 15 is 0 Å². The zero-order valence-corrected chi connectivity index (χ0v) is 18.0. The van der Waals surface area contributed by atoms with Gasteiger partial charge < -0.3 is 0 Å². The van der Waals surface area contributed by atoms with E-state index in [1.165, 1.54) is 48.2 Å². The maximum Gasteiger partial charge on any atom is 0.127 e. The highest BCUT2D eigenvalue weighted by Crippen LogP contribution is 2.42. The van der Waals surface area contributed by atoms with Gasteiger partial charge in [-0.05, 0) is 80.5 Å². The molecule has 3 aromatic rings. The molecule has 4 heteroatoms. The van der Waals surface area contributed by atoms with Crippen LogP contribution in [0, 0.1) is 6.92 Å². The van der Waals surface area contributed by atoms with Crippen LogP contribution in [0.15, 0.2) is 48.7 Å². The van der Waals surface area contributed by atoms with Crippen LogP contribution in [-0.4, -0.2) is 21.5 Å². The van der Waals surface area contributed by atoms with Crippen molar-refractivity contribution in [1.82, 2.24) is 14.5 Å². The lowest BCUT2D eigenvalue weighted by Crippen LogP contribution is -2.17. The summed E-state index contributed by atoms with van der Waals surface area (Å²) in [6.45, 7) is 4.01. The molecule has 0 bridgehead atoms. The first-order valence-corrected chi connectivity index (χ1v) is 11.1. The number of hydrogen-bond acceptors (Lipinski definition) is 2. The van der Waals surface area contributed by atoms with Crippen molar-refractivity contribution in [1.29, 1.82) is 0 Å². The number of aromatic nitrogens is 2. The van der Waals surface area contributed by atoms with Gasteiger partial charge in [0.2, 0.25) is 0 Å². The SMILES string of the molecule is Cc1ccccc1C1CCC(c2cnc3n2-c2ccc(Cl)cc2CN(C)C3)CC1. The molecule has 0 unspecified atom stereocenters. The number of aryl methyl sites for hydroxylation is 1. The Labute approximate surface area is 178 Å². The summed E-state index contributed by atoms with van der Waals surface area (Å²) in [6.07, 6.45) is 7.09. The minimum atomic E-state index is 0.573. The first-order chi connectivity index (χ1) is 14.1.